The molecule has 1 aromatic heterocycles. The molecule has 0 bridgehead atoms. The van der Waals surface area contributed by atoms with Crippen LogP contribution in [0.5, 0.6) is 5.75 Å². The van der Waals surface area contributed by atoms with Crippen molar-refractivity contribution in [2.45, 2.75) is 12.6 Å². The summed E-state index contributed by atoms with van der Waals surface area (Å²) in [5.41, 5.74) is 0.650. The van der Waals surface area contributed by atoms with E-state index in [4.69, 9.17) is 10.00 Å². The number of nitriles is 1. The van der Waals surface area contributed by atoms with Crippen LogP contribution >= 0.6 is 11.3 Å². The Morgan fingerprint density at radius 1 is 1.38 bits per heavy atom. The van der Waals surface area contributed by atoms with E-state index in [0.29, 0.717) is 24.4 Å². The molecule has 21 heavy (non-hydrogen) atoms. The number of benzene rings is 1. The molecule has 2 rings (SSSR count). The Balaban J connectivity index is 1.66. The van der Waals surface area contributed by atoms with Gasteiger partial charge in [-0.15, -0.1) is 11.3 Å². The molecule has 0 amide bonds. The first-order valence-corrected chi connectivity index (χ1v) is 7.30. The second-order valence-electron chi connectivity index (χ2n) is 4.46. The molecule has 110 valence electrons. The molecule has 0 aliphatic carbocycles. The normalized spacial score (nSPS) is 11.9. The molecule has 0 saturated heterocycles. The van der Waals surface area contributed by atoms with Crippen LogP contribution in [0.1, 0.15) is 10.4 Å². The van der Waals surface area contributed by atoms with E-state index in [1.165, 1.54) is 35.6 Å². The predicted octanol–water partition coefficient (Wildman–Crippen LogP) is 2.29. The number of halogens is 1. The lowest BCUT2D eigenvalue weighted by Crippen LogP contribution is -2.30. The minimum atomic E-state index is -0.662. The maximum Gasteiger partial charge on any atom is 0.123 e. The molecule has 0 radical (unpaired) electrons. The summed E-state index contributed by atoms with van der Waals surface area (Å²) in [5.74, 6) is 0.199. The molecule has 1 aromatic carbocycles. The van der Waals surface area contributed by atoms with Crippen molar-refractivity contribution >= 4 is 11.3 Å². The molecule has 1 heterocycles. The molecule has 0 aliphatic heterocycles. The lowest BCUT2D eigenvalue weighted by molar-refractivity contribution is 0.106. The summed E-state index contributed by atoms with van der Waals surface area (Å²) in [6.07, 6.45) is -0.662. The number of aliphatic hydroxyl groups is 1. The fourth-order valence-corrected chi connectivity index (χ4v) is 2.46. The Kier molecular flexibility index (Phi) is 5.69. The van der Waals surface area contributed by atoms with Gasteiger partial charge < -0.3 is 15.2 Å². The molecule has 1 unspecified atom stereocenters. The van der Waals surface area contributed by atoms with Crippen LogP contribution < -0.4 is 10.1 Å². The van der Waals surface area contributed by atoms with Crippen LogP contribution in [-0.4, -0.2) is 24.4 Å². The van der Waals surface area contributed by atoms with Gasteiger partial charge in [0.25, 0.3) is 0 Å². The minimum absolute atomic E-state index is 0.131. The van der Waals surface area contributed by atoms with Crippen molar-refractivity contribution in [2.24, 2.45) is 0 Å². The van der Waals surface area contributed by atoms with E-state index in [9.17, 15) is 9.50 Å². The summed E-state index contributed by atoms with van der Waals surface area (Å²) in [5, 5.41) is 23.4. The average molecular weight is 306 g/mol. The largest absolute Gasteiger partial charge is 0.491 e. The summed E-state index contributed by atoms with van der Waals surface area (Å²) in [7, 11) is 0. The maximum absolute atomic E-state index is 12.7. The third-order valence-electron chi connectivity index (χ3n) is 2.72. The summed E-state index contributed by atoms with van der Waals surface area (Å²) < 4.78 is 18.1. The average Bonchev–Trinajstić information content (AvgIpc) is 2.95. The molecule has 2 N–H and O–H groups in total. The highest BCUT2D eigenvalue weighted by Gasteiger charge is 2.06. The van der Waals surface area contributed by atoms with E-state index in [1.54, 1.807) is 5.38 Å². The molecule has 0 saturated carbocycles. The number of nitrogens with one attached hydrogen (secondary N) is 1. The molecule has 1 atom stereocenters. The standard InChI is InChI=1S/C15H15FN2O2S/c16-12-1-3-14(4-2-12)20-9-13(19)7-18-8-15-5-11(6-17)10-21-15/h1-5,10,13,18-19H,7-9H2. The van der Waals surface area contributed by atoms with Crippen LogP contribution in [-0.2, 0) is 6.54 Å². The fourth-order valence-electron chi connectivity index (χ4n) is 1.68. The number of thiophene rings is 1. The first kappa shape index (κ1) is 15.4. The van der Waals surface area contributed by atoms with Gasteiger partial charge >= 0.3 is 0 Å². The first-order valence-electron chi connectivity index (χ1n) is 6.42. The number of hydrogen-bond acceptors (Lipinski definition) is 5. The van der Waals surface area contributed by atoms with Gasteiger partial charge in [0.15, 0.2) is 0 Å². The summed E-state index contributed by atoms with van der Waals surface area (Å²) in [4.78, 5) is 1.04. The Morgan fingerprint density at radius 3 is 2.81 bits per heavy atom. The van der Waals surface area contributed by atoms with Crippen molar-refractivity contribution < 1.29 is 14.2 Å². The monoisotopic (exact) mass is 306 g/mol. The lowest BCUT2D eigenvalue weighted by atomic mass is 10.3. The van der Waals surface area contributed by atoms with E-state index >= 15 is 0 Å². The zero-order valence-corrected chi connectivity index (χ0v) is 12.1. The number of aliphatic hydroxyl groups excluding tert-OH is 1. The number of nitrogens with zero attached hydrogens (tertiary/aromatic N) is 1. The second kappa shape index (κ2) is 7.74. The van der Waals surface area contributed by atoms with Crippen molar-refractivity contribution in [3.63, 3.8) is 0 Å². The van der Waals surface area contributed by atoms with Crippen LogP contribution in [0.25, 0.3) is 0 Å². The quantitative estimate of drug-likeness (QED) is 0.824. The van der Waals surface area contributed by atoms with Gasteiger partial charge in [-0.3, -0.25) is 0 Å². The van der Waals surface area contributed by atoms with Gasteiger partial charge in [-0.1, -0.05) is 0 Å². The Bertz CT molecular complexity index is 607. The Morgan fingerprint density at radius 2 is 2.14 bits per heavy atom. The van der Waals surface area contributed by atoms with Gasteiger partial charge in [0, 0.05) is 23.3 Å². The summed E-state index contributed by atoms with van der Waals surface area (Å²) in [6, 6.07) is 9.55. The van der Waals surface area contributed by atoms with Crippen molar-refractivity contribution in [3.05, 3.63) is 52.0 Å². The SMILES string of the molecule is N#Cc1csc(CNCC(O)COc2ccc(F)cc2)c1. The maximum atomic E-state index is 12.7. The highest BCUT2D eigenvalue weighted by Crippen LogP contribution is 2.13. The van der Waals surface area contributed by atoms with Gasteiger partial charge in [0.05, 0.1) is 5.56 Å². The van der Waals surface area contributed by atoms with E-state index in [1.807, 2.05) is 6.07 Å². The lowest BCUT2D eigenvalue weighted by Gasteiger charge is -2.12. The Hall–Kier alpha value is -1.94. The molecule has 0 aliphatic rings. The van der Waals surface area contributed by atoms with Crippen molar-refractivity contribution in [3.8, 4) is 11.8 Å². The number of rotatable bonds is 7. The first-order chi connectivity index (χ1) is 10.2. The van der Waals surface area contributed by atoms with Gasteiger partial charge in [-0.2, -0.15) is 5.26 Å². The molecular formula is C15H15FN2O2S. The fraction of sp³-hybridized carbons (Fsp3) is 0.267. The van der Waals surface area contributed by atoms with Crippen LogP contribution in [0.15, 0.2) is 35.7 Å². The number of hydrogen-bond donors (Lipinski definition) is 2. The highest BCUT2D eigenvalue weighted by atomic mass is 32.1. The second-order valence-corrected chi connectivity index (χ2v) is 5.46. The molecule has 2 aromatic rings. The van der Waals surface area contributed by atoms with Gasteiger partial charge in [-0.25, -0.2) is 4.39 Å². The van der Waals surface area contributed by atoms with Crippen LogP contribution in [0.3, 0.4) is 0 Å². The minimum Gasteiger partial charge on any atom is -0.491 e. The molecule has 0 spiro atoms. The van der Waals surface area contributed by atoms with Gasteiger partial charge in [-0.05, 0) is 30.3 Å². The number of ether oxygens (including phenoxy) is 1. The van der Waals surface area contributed by atoms with Gasteiger partial charge in [0.2, 0.25) is 0 Å². The van der Waals surface area contributed by atoms with Crippen LogP contribution in [0, 0.1) is 17.1 Å². The van der Waals surface area contributed by atoms with Crippen molar-refractivity contribution in [1.82, 2.24) is 5.32 Å². The third kappa shape index (κ3) is 5.16. The summed E-state index contributed by atoms with van der Waals surface area (Å²) >= 11 is 1.50. The van der Waals surface area contributed by atoms with E-state index in [2.05, 4.69) is 11.4 Å². The highest BCUT2D eigenvalue weighted by molar-refractivity contribution is 7.10. The molecule has 6 heteroatoms. The zero-order valence-electron chi connectivity index (χ0n) is 11.3. The van der Waals surface area contributed by atoms with Crippen molar-refractivity contribution in [2.75, 3.05) is 13.2 Å². The molecule has 0 fully saturated rings. The van der Waals surface area contributed by atoms with Crippen LogP contribution in [0.4, 0.5) is 4.39 Å². The summed E-state index contributed by atoms with van der Waals surface area (Å²) in [6.45, 7) is 1.10. The van der Waals surface area contributed by atoms with E-state index in [0.717, 1.165) is 4.88 Å². The topological polar surface area (TPSA) is 65.3 Å². The van der Waals surface area contributed by atoms with E-state index in [-0.39, 0.29) is 12.4 Å². The van der Waals surface area contributed by atoms with Gasteiger partial charge in [0.1, 0.15) is 30.3 Å². The van der Waals surface area contributed by atoms with E-state index < -0.39 is 6.10 Å². The zero-order chi connectivity index (χ0) is 15.1. The molecule has 4 nitrogen and oxygen atoms in total. The predicted molar refractivity (Wildman–Crippen MR) is 78.6 cm³/mol. The smallest absolute Gasteiger partial charge is 0.123 e. The van der Waals surface area contributed by atoms with Crippen molar-refractivity contribution in [1.29, 1.82) is 5.26 Å². The van der Waals surface area contributed by atoms with Crippen LogP contribution in [0.2, 0.25) is 0 Å². The third-order valence-corrected chi connectivity index (χ3v) is 3.65. The molecular weight excluding hydrogens is 291 g/mol. The Labute approximate surface area is 126 Å².